The van der Waals surface area contributed by atoms with Crippen LogP contribution in [0.3, 0.4) is 0 Å². The van der Waals surface area contributed by atoms with Crippen molar-refractivity contribution in [2.24, 2.45) is 0 Å². The van der Waals surface area contributed by atoms with E-state index in [4.69, 9.17) is 15.7 Å². The molecular formula is C16H16N2O. The van der Waals surface area contributed by atoms with Crippen molar-refractivity contribution in [3.63, 3.8) is 0 Å². The molecule has 3 heteroatoms. The number of nitriles is 1. The van der Waals surface area contributed by atoms with Gasteiger partial charge < -0.3 is 10.5 Å². The number of benzene rings is 2. The third-order valence-electron chi connectivity index (χ3n) is 3.09. The zero-order valence-corrected chi connectivity index (χ0v) is 10.9. The summed E-state index contributed by atoms with van der Waals surface area (Å²) in [7, 11) is 0. The third kappa shape index (κ3) is 3.26. The number of hydrogen-bond donors (Lipinski definition) is 1. The van der Waals surface area contributed by atoms with Gasteiger partial charge in [0.25, 0.3) is 0 Å². The molecule has 2 aromatic rings. The summed E-state index contributed by atoms with van der Waals surface area (Å²) >= 11 is 0. The first kappa shape index (κ1) is 13.0. The Morgan fingerprint density at radius 3 is 2.58 bits per heavy atom. The Kier molecular flexibility index (Phi) is 4.04. The fourth-order valence-corrected chi connectivity index (χ4v) is 1.82. The normalized spacial score (nSPS) is 9.89. The quantitative estimate of drug-likeness (QED) is 0.850. The van der Waals surface area contributed by atoms with Crippen molar-refractivity contribution >= 4 is 5.69 Å². The second kappa shape index (κ2) is 5.92. The molecule has 0 spiro atoms. The van der Waals surface area contributed by atoms with Crippen LogP contribution >= 0.6 is 0 Å². The van der Waals surface area contributed by atoms with Crippen molar-refractivity contribution in [1.82, 2.24) is 0 Å². The van der Waals surface area contributed by atoms with Gasteiger partial charge in [-0.25, -0.2) is 0 Å². The summed E-state index contributed by atoms with van der Waals surface area (Å²) in [6, 6.07) is 15.5. The summed E-state index contributed by atoms with van der Waals surface area (Å²) in [5.74, 6) is 0.795. The highest BCUT2D eigenvalue weighted by Crippen LogP contribution is 2.19. The van der Waals surface area contributed by atoms with Crippen molar-refractivity contribution < 1.29 is 4.74 Å². The van der Waals surface area contributed by atoms with Crippen molar-refractivity contribution in [1.29, 1.82) is 5.26 Å². The largest absolute Gasteiger partial charge is 0.489 e. The maximum absolute atomic E-state index is 8.60. The SMILES string of the molecule is Cc1c(N)cccc1COc1ccc(CC#N)cc1. The number of anilines is 1. The number of nitrogens with two attached hydrogens (primary N) is 1. The van der Waals surface area contributed by atoms with Gasteiger partial charge in [0, 0.05) is 5.69 Å². The van der Waals surface area contributed by atoms with Crippen molar-refractivity contribution in [2.45, 2.75) is 20.0 Å². The molecule has 0 saturated heterocycles. The molecule has 2 aromatic carbocycles. The van der Waals surface area contributed by atoms with E-state index in [2.05, 4.69) is 6.07 Å². The predicted octanol–water partition coefficient (Wildman–Crippen LogP) is 3.22. The predicted molar refractivity (Wildman–Crippen MR) is 75.7 cm³/mol. The standard InChI is InChI=1S/C16H16N2O/c1-12-14(3-2-4-16(12)18)11-19-15-7-5-13(6-8-15)9-10-17/h2-8H,9,11,18H2,1H3. The Morgan fingerprint density at radius 2 is 1.89 bits per heavy atom. The molecular weight excluding hydrogens is 236 g/mol. The summed E-state index contributed by atoms with van der Waals surface area (Å²) < 4.78 is 5.72. The lowest BCUT2D eigenvalue weighted by molar-refractivity contribution is 0.305. The van der Waals surface area contributed by atoms with Crippen LogP contribution in [0.4, 0.5) is 5.69 Å². The van der Waals surface area contributed by atoms with Gasteiger partial charge in [0.2, 0.25) is 0 Å². The van der Waals surface area contributed by atoms with E-state index in [-0.39, 0.29) is 0 Å². The van der Waals surface area contributed by atoms with Crippen molar-refractivity contribution in [3.05, 3.63) is 59.2 Å². The average Bonchev–Trinajstić information content (AvgIpc) is 2.42. The number of hydrogen-bond acceptors (Lipinski definition) is 3. The Morgan fingerprint density at radius 1 is 1.16 bits per heavy atom. The highest BCUT2D eigenvalue weighted by Gasteiger charge is 2.02. The van der Waals surface area contributed by atoms with Gasteiger partial charge in [-0.15, -0.1) is 0 Å². The minimum atomic E-state index is 0.425. The molecule has 0 amide bonds. The molecule has 2 N–H and O–H groups in total. The molecule has 19 heavy (non-hydrogen) atoms. The van der Waals surface area contributed by atoms with Gasteiger partial charge in [0.15, 0.2) is 0 Å². The molecule has 3 nitrogen and oxygen atoms in total. The van der Waals surface area contributed by atoms with E-state index in [1.807, 2.05) is 49.4 Å². The molecule has 0 atom stereocenters. The highest BCUT2D eigenvalue weighted by molar-refractivity contribution is 5.49. The Hall–Kier alpha value is -2.47. The minimum absolute atomic E-state index is 0.425. The first-order valence-corrected chi connectivity index (χ1v) is 6.13. The van der Waals surface area contributed by atoms with Crippen molar-refractivity contribution in [2.75, 3.05) is 5.73 Å². The second-order valence-electron chi connectivity index (χ2n) is 4.40. The summed E-state index contributed by atoms with van der Waals surface area (Å²) in [5, 5.41) is 8.60. The zero-order valence-electron chi connectivity index (χ0n) is 10.9. The molecule has 96 valence electrons. The molecule has 2 rings (SSSR count). The minimum Gasteiger partial charge on any atom is -0.489 e. The first-order chi connectivity index (χ1) is 9.20. The van der Waals surface area contributed by atoms with Crippen LogP contribution in [-0.2, 0) is 13.0 Å². The van der Waals surface area contributed by atoms with E-state index in [1.165, 1.54) is 0 Å². The fraction of sp³-hybridized carbons (Fsp3) is 0.188. The van der Waals surface area contributed by atoms with Gasteiger partial charge in [-0.1, -0.05) is 24.3 Å². The monoisotopic (exact) mass is 252 g/mol. The van der Waals surface area contributed by atoms with Crippen LogP contribution in [-0.4, -0.2) is 0 Å². The molecule has 0 bridgehead atoms. The van der Waals surface area contributed by atoms with Gasteiger partial charge in [-0.2, -0.15) is 5.26 Å². The van der Waals surface area contributed by atoms with Crippen LogP contribution in [0.25, 0.3) is 0 Å². The molecule has 0 unspecified atom stereocenters. The number of nitrogens with zero attached hydrogens (tertiary/aromatic N) is 1. The second-order valence-corrected chi connectivity index (χ2v) is 4.40. The van der Waals surface area contributed by atoms with Crippen LogP contribution in [0.2, 0.25) is 0 Å². The number of nitrogen functional groups attached to an aromatic ring is 1. The molecule has 0 aliphatic rings. The molecule has 0 fully saturated rings. The van der Waals surface area contributed by atoms with E-state index in [0.29, 0.717) is 13.0 Å². The molecule has 0 aliphatic carbocycles. The Balaban J connectivity index is 2.02. The van der Waals surface area contributed by atoms with Crippen molar-refractivity contribution in [3.8, 4) is 11.8 Å². The van der Waals surface area contributed by atoms with E-state index in [0.717, 1.165) is 28.1 Å². The van der Waals surface area contributed by atoms with Gasteiger partial charge in [-0.3, -0.25) is 0 Å². The summed E-state index contributed by atoms with van der Waals surface area (Å²) in [4.78, 5) is 0. The van der Waals surface area contributed by atoms with Gasteiger partial charge >= 0.3 is 0 Å². The van der Waals surface area contributed by atoms with Crippen LogP contribution < -0.4 is 10.5 Å². The van der Waals surface area contributed by atoms with Crippen LogP contribution in [0.1, 0.15) is 16.7 Å². The lowest BCUT2D eigenvalue weighted by Gasteiger charge is -2.10. The zero-order chi connectivity index (χ0) is 13.7. The Bertz CT molecular complexity index is 597. The van der Waals surface area contributed by atoms with Gasteiger partial charge in [0.1, 0.15) is 12.4 Å². The average molecular weight is 252 g/mol. The Labute approximate surface area is 113 Å². The lowest BCUT2D eigenvalue weighted by Crippen LogP contribution is -2.00. The molecule has 0 aromatic heterocycles. The van der Waals surface area contributed by atoms with Crippen LogP contribution in [0.5, 0.6) is 5.75 Å². The third-order valence-corrected chi connectivity index (χ3v) is 3.09. The fourth-order valence-electron chi connectivity index (χ4n) is 1.82. The molecule has 0 saturated carbocycles. The molecule has 0 aliphatic heterocycles. The maximum Gasteiger partial charge on any atom is 0.119 e. The first-order valence-electron chi connectivity index (χ1n) is 6.13. The van der Waals surface area contributed by atoms with Crippen LogP contribution in [0, 0.1) is 18.3 Å². The van der Waals surface area contributed by atoms with Gasteiger partial charge in [0.05, 0.1) is 12.5 Å². The van der Waals surface area contributed by atoms with E-state index < -0.39 is 0 Å². The smallest absolute Gasteiger partial charge is 0.119 e. The number of rotatable bonds is 4. The highest BCUT2D eigenvalue weighted by atomic mass is 16.5. The summed E-state index contributed by atoms with van der Waals surface area (Å²) in [6.07, 6.45) is 0.425. The summed E-state index contributed by atoms with van der Waals surface area (Å²) in [6.45, 7) is 2.48. The lowest BCUT2D eigenvalue weighted by atomic mass is 10.1. The topological polar surface area (TPSA) is 59.0 Å². The van der Waals surface area contributed by atoms with Gasteiger partial charge in [-0.05, 0) is 41.8 Å². The van der Waals surface area contributed by atoms with E-state index in [9.17, 15) is 0 Å². The van der Waals surface area contributed by atoms with E-state index >= 15 is 0 Å². The molecule has 0 radical (unpaired) electrons. The number of ether oxygens (including phenoxy) is 1. The van der Waals surface area contributed by atoms with Crippen LogP contribution in [0.15, 0.2) is 42.5 Å². The summed E-state index contributed by atoms with van der Waals surface area (Å²) in [5.41, 5.74) is 9.78. The molecule has 0 heterocycles. The maximum atomic E-state index is 8.60. The van der Waals surface area contributed by atoms with E-state index in [1.54, 1.807) is 0 Å².